The molecule has 0 radical (unpaired) electrons. The summed E-state index contributed by atoms with van der Waals surface area (Å²) in [6.07, 6.45) is -1.12. The molecule has 0 aliphatic rings. The lowest BCUT2D eigenvalue weighted by Crippen LogP contribution is -2.52. The van der Waals surface area contributed by atoms with Crippen LogP contribution in [-0.4, -0.2) is 29.1 Å². The Morgan fingerprint density at radius 1 is 1.10 bits per heavy atom. The third kappa shape index (κ3) is 4.76. The van der Waals surface area contributed by atoms with E-state index in [0.717, 1.165) is 0 Å². The number of aliphatic hydroxyl groups excluding tert-OH is 1. The van der Waals surface area contributed by atoms with E-state index < -0.39 is 24.0 Å². The summed E-state index contributed by atoms with van der Waals surface area (Å²) in [7, 11) is 0. The number of nitrogens with one attached hydrogen (secondary N) is 3. The zero-order valence-corrected chi connectivity index (χ0v) is 17.7. The zero-order valence-electron chi connectivity index (χ0n) is 16.1. The van der Waals surface area contributed by atoms with Crippen LogP contribution in [0.2, 0.25) is 5.02 Å². The number of amides is 2. The molecule has 0 saturated heterocycles. The second-order valence-electron chi connectivity index (χ2n) is 6.56. The van der Waals surface area contributed by atoms with E-state index in [1.54, 1.807) is 17.5 Å². The van der Waals surface area contributed by atoms with Crippen LogP contribution in [0.3, 0.4) is 0 Å². The summed E-state index contributed by atoms with van der Waals surface area (Å²) in [6, 6.07) is 12.0. The highest BCUT2D eigenvalue weighted by Gasteiger charge is 2.26. The first-order valence-corrected chi connectivity index (χ1v) is 10.3. The zero-order chi connectivity index (χ0) is 22.5. The summed E-state index contributed by atoms with van der Waals surface area (Å²) >= 11 is 7.57. The molecule has 1 heterocycles. The minimum atomic E-state index is -1.12. The number of nitrogens with zero attached hydrogens (tertiary/aromatic N) is 2. The third-order valence-electron chi connectivity index (χ3n) is 4.45. The molecule has 0 unspecified atom stereocenters. The molecule has 31 heavy (non-hydrogen) atoms. The van der Waals surface area contributed by atoms with Crippen molar-refractivity contribution in [2.75, 3.05) is 5.32 Å². The first-order chi connectivity index (χ1) is 14.8. The van der Waals surface area contributed by atoms with E-state index >= 15 is 0 Å². The smallest absolute Gasteiger partial charge is 0.269 e. The lowest BCUT2D eigenvalue weighted by Gasteiger charge is -2.22. The first kappa shape index (κ1) is 22.1. The summed E-state index contributed by atoms with van der Waals surface area (Å²) < 4.78 is 0.663. The van der Waals surface area contributed by atoms with Crippen LogP contribution in [0, 0.1) is 22.7 Å². The van der Waals surface area contributed by atoms with Crippen LogP contribution in [0.15, 0.2) is 41.8 Å². The molecule has 156 valence electrons. The molecule has 10 heteroatoms. The van der Waals surface area contributed by atoms with Gasteiger partial charge in [-0.1, -0.05) is 11.6 Å². The van der Waals surface area contributed by atoms with Crippen molar-refractivity contribution < 1.29 is 14.7 Å². The Morgan fingerprint density at radius 3 is 2.42 bits per heavy atom. The molecule has 2 aromatic carbocycles. The fraction of sp³-hybridized carbons (Fsp3) is 0.143. The monoisotopic (exact) mass is 453 g/mol. The van der Waals surface area contributed by atoms with Crippen LogP contribution in [0.25, 0.3) is 10.1 Å². The number of anilines is 1. The number of rotatable bonds is 5. The molecular weight excluding hydrogens is 438 g/mol. The van der Waals surface area contributed by atoms with Gasteiger partial charge in [0.25, 0.3) is 11.8 Å². The van der Waals surface area contributed by atoms with Crippen LogP contribution in [0.5, 0.6) is 0 Å². The van der Waals surface area contributed by atoms with Gasteiger partial charge < -0.3 is 10.4 Å². The minimum absolute atomic E-state index is 0.250. The molecule has 0 aliphatic heterocycles. The molecule has 0 aliphatic carbocycles. The van der Waals surface area contributed by atoms with E-state index in [2.05, 4.69) is 22.2 Å². The van der Waals surface area contributed by atoms with Crippen LogP contribution in [0.4, 0.5) is 5.69 Å². The molecule has 1 aromatic heterocycles. The number of hydrogen-bond acceptors (Lipinski definition) is 7. The van der Waals surface area contributed by atoms with Gasteiger partial charge in [-0.05, 0) is 43.3 Å². The van der Waals surface area contributed by atoms with E-state index in [9.17, 15) is 20.0 Å². The predicted molar refractivity (Wildman–Crippen MR) is 117 cm³/mol. The number of hydrogen-bond donors (Lipinski definition) is 4. The molecule has 0 spiro atoms. The SMILES string of the molecule is C[C@H](O)[C@@H](Nc1ccc(C#N)c2scc(Cl)c12)C(=O)NNC(=O)c1ccc(C#N)cc1. The van der Waals surface area contributed by atoms with Crippen LogP contribution >= 0.6 is 22.9 Å². The number of halogens is 1. The molecule has 2 atom stereocenters. The lowest BCUT2D eigenvalue weighted by molar-refractivity contribution is -0.124. The molecular formula is C21H16ClN5O3S. The number of hydrazine groups is 1. The summed E-state index contributed by atoms with van der Waals surface area (Å²) in [5, 5.41) is 33.8. The Labute approximate surface area is 186 Å². The number of nitriles is 2. The van der Waals surface area contributed by atoms with Gasteiger partial charge >= 0.3 is 0 Å². The standard InChI is InChI=1S/C21H16ClN5O3S/c1-11(28)18(21(30)27-26-20(29)13-4-2-12(8-23)3-5-13)25-16-7-6-14(9-24)19-17(16)15(22)10-31-19/h2-7,10-11,18,25,28H,1H3,(H,26,29)(H,27,30)/t11-,18+/m0/s1. The maximum Gasteiger partial charge on any atom is 0.269 e. The summed E-state index contributed by atoms with van der Waals surface area (Å²) in [5.41, 5.74) is 6.13. The lowest BCUT2D eigenvalue weighted by atomic mass is 10.1. The van der Waals surface area contributed by atoms with Gasteiger partial charge in [0.1, 0.15) is 12.1 Å². The Hall–Kier alpha value is -3.63. The Kier molecular flexibility index (Phi) is 6.73. The van der Waals surface area contributed by atoms with Crippen LogP contribution in [-0.2, 0) is 4.79 Å². The van der Waals surface area contributed by atoms with Gasteiger partial charge in [-0.2, -0.15) is 10.5 Å². The highest BCUT2D eigenvalue weighted by Crippen LogP contribution is 2.38. The molecule has 8 nitrogen and oxygen atoms in total. The van der Waals surface area contributed by atoms with Crippen molar-refractivity contribution in [1.82, 2.24) is 10.9 Å². The average molecular weight is 454 g/mol. The number of thiophene rings is 1. The normalized spacial score (nSPS) is 12.3. The summed E-state index contributed by atoms with van der Waals surface area (Å²) in [6.45, 7) is 1.43. The van der Waals surface area contributed by atoms with E-state index in [-0.39, 0.29) is 5.56 Å². The number of carbonyl (C=O) groups is 2. The molecule has 2 amide bonds. The summed E-state index contributed by atoms with van der Waals surface area (Å²) in [4.78, 5) is 24.9. The van der Waals surface area contributed by atoms with Crippen molar-refractivity contribution >= 4 is 50.5 Å². The van der Waals surface area contributed by atoms with Crippen molar-refractivity contribution in [2.24, 2.45) is 0 Å². The first-order valence-electron chi connectivity index (χ1n) is 9.00. The van der Waals surface area contributed by atoms with Gasteiger partial charge in [-0.15, -0.1) is 11.3 Å². The molecule has 0 saturated carbocycles. The largest absolute Gasteiger partial charge is 0.391 e. The maximum atomic E-state index is 12.6. The van der Waals surface area contributed by atoms with Crippen molar-refractivity contribution in [1.29, 1.82) is 10.5 Å². The molecule has 4 N–H and O–H groups in total. The maximum absolute atomic E-state index is 12.6. The highest BCUT2D eigenvalue weighted by molar-refractivity contribution is 7.18. The topological polar surface area (TPSA) is 138 Å². The number of carbonyl (C=O) groups excluding carboxylic acids is 2. The van der Waals surface area contributed by atoms with Gasteiger partial charge in [0.15, 0.2) is 0 Å². The third-order valence-corrected chi connectivity index (χ3v) is 5.89. The van der Waals surface area contributed by atoms with Crippen molar-refractivity contribution in [3.63, 3.8) is 0 Å². The van der Waals surface area contributed by atoms with Gasteiger partial charge in [0.05, 0.1) is 33.0 Å². The van der Waals surface area contributed by atoms with Gasteiger partial charge in [0.2, 0.25) is 0 Å². The molecule has 0 fully saturated rings. The van der Waals surface area contributed by atoms with Crippen LogP contribution in [0.1, 0.15) is 28.4 Å². The fourth-order valence-electron chi connectivity index (χ4n) is 2.86. The van der Waals surface area contributed by atoms with Crippen LogP contribution < -0.4 is 16.2 Å². The number of aliphatic hydroxyl groups is 1. The van der Waals surface area contributed by atoms with E-state index in [0.29, 0.717) is 31.9 Å². The highest BCUT2D eigenvalue weighted by atomic mass is 35.5. The minimum Gasteiger partial charge on any atom is -0.391 e. The van der Waals surface area contributed by atoms with E-state index in [1.807, 2.05) is 6.07 Å². The molecule has 0 bridgehead atoms. The van der Waals surface area contributed by atoms with Crippen molar-refractivity contribution in [3.8, 4) is 12.1 Å². The van der Waals surface area contributed by atoms with Gasteiger partial charge in [-0.25, -0.2) is 0 Å². The molecule has 3 rings (SSSR count). The second-order valence-corrected chi connectivity index (χ2v) is 7.84. The Balaban J connectivity index is 1.75. The average Bonchev–Trinajstić information content (AvgIpc) is 3.17. The summed E-state index contributed by atoms with van der Waals surface area (Å²) in [5.74, 6) is -1.26. The fourth-order valence-corrected chi connectivity index (χ4v) is 4.16. The number of fused-ring (bicyclic) bond motifs is 1. The Bertz CT molecular complexity index is 1220. The quantitative estimate of drug-likeness (QED) is 0.438. The van der Waals surface area contributed by atoms with Gasteiger partial charge in [-0.3, -0.25) is 20.4 Å². The second kappa shape index (κ2) is 9.45. The van der Waals surface area contributed by atoms with Crippen molar-refractivity contribution in [2.45, 2.75) is 19.1 Å². The predicted octanol–water partition coefficient (Wildman–Crippen LogP) is 2.92. The Morgan fingerprint density at radius 2 is 1.81 bits per heavy atom. The molecule has 3 aromatic rings. The van der Waals surface area contributed by atoms with Gasteiger partial charge in [0, 0.05) is 22.0 Å². The number of benzene rings is 2. The van der Waals surface area contributed by atoms with E-state index in [4.69, 9.17) is 16.9 Å². The van der Waals surface area contributed by atoms with Crippen molar-refractivity contribution in [3.05, 3.63) is 63.5 Å². The van der Waals surface area contributed by atoms with E-state index in [1.165, 1.54) is 42.5 Å².